The van der Waals surface area contributed by atoms with Crippen LogP contribution in [0.4, 0.5) is 0 Å². The molecule has 0 spiro atoms. The van der Waals surface area contributed by atoms with E-state index in [4.69, 9.17) is 0 Å². The van der Waals surface area contributed by atoms with Crippen molar-refractivity contribution >= 4 is 21.7 Å². The van der Waals surface area contributed by atoms with Gasteiger partial charge in [0.15, 0.2) is 0 Å². The molecular formula is C16H26BrN3O. The Morgan fingerprint density at radius 1 is 1.33 bits per heavy atom. The quantitative estimate of drug-likeness (QED) is 0.722. The summed E-state index contributed by atoms with van der Waals surface area (Å²) in [6, 6.07) is 0.181. The number of hydrogen-bond acceptors (Lipinski definition) is 3. The number of rotatable bonds is 6. The Morgan fingerprint density at radius 3 is 2.38 bits per heavy atom. The van der Waals surface area contributed by atoms with Gasteiger partial charge >= 0.3 is 0 Å². The van der Waals surface area contributed by atoms with Crippen LogP contribution in [-0.4, -0.2) is 39.1 Å². The van der Waals surface area contributed by atoms with Crippen molar-refractivity contribution in [2.45, 2.75) is 65.0 Å². The minimum absolute atomic E-state index is 0.181. The van der Waals surface area contributed by atoms with Crippen LogP contribution in [0.1, 0.15) is 69.9 Å². The molecule has 118 valence electrons. The highest BCUT2D eigenvalue weighted by Crippen LogP contribution is 2.34. The van der Waals surface area contributed by atoms with Crippen molar-refractivity contribution < 1.29 is 4.79 Å². The number of carbonyl (C=O) groups excluding carboxylic acids is 1. The van der Waals surface area contributed by atoms with Gasteiger partial charge in [0.1, 0.15) is 5.69 Å². The summed E-state index contributed by atoms with van der Waals surface area (Å²) >= 11 is 3.52. The van der Waals surface area contributed by atoms with Gasteiger partial charge in [-0.3, -0.25) is 14.4 Å². The summed E-state index contributed by atoms with van der Waals surface area (Å²) in [6.45, 7) is 10.4. The molecule has 0 aliphatic carbocycles. The van der Waals surface area contributed by atoms with Gasteiger partial charge < -0.3 is 0 Å². The van der Waals surface area contributed by atoms with E-state index in [0.29, 0.717) is 0 Å². The first-order chi connectivity index (χ1) is 9.97. The van der Waals surface area contributed by atoms with Crippen LogP contribution in [0.15, 0.2) is 10.7 Å². The van der Waals surface area contributed by atoms with E-state index < -0.39 is 0 Å². The minimum Gasteiger partial charge on any atom is -0.291 e. The Balaban J connectivity index is 2.46. The molecule has 0 N–H and O–H groups in total. The maximum atomic E-state index is 13.4. The van der Waals surface area contributed by atoms with E-state index in [1.807, 2.05) is 4.68 Å². The van der Waals surface area contributed by atoms with Crippen LogP contribution in [0, 0.1) is 0 Å². The van der Waals surface area contributed by atoms with E-state index >= 15 is 0 Å². The van der Waals surface area contributed by atoms with Crippen LogP contribution >= 0.6 is 15.9 Å². The number of nitrogens with zero attached hydrogens (tertiary/aromatic N) is 3. The summed E-state index contributed by atoms with van der Waals surface area (Å²) in [5.41, 5.74) is 0.340. The van der Waals surface area contributed by atoms with Crippen molar-refractivity contribution in [2.75, 3.05) is 13.1 Å². The lowest BCUT2D eigenvalue weighted by molar-refractivity contribution is 0.0567. The molecule has 1 saturated heterocycles. The first-order valence-corrected chi connectivity index (χ1v) is 8.80. The number of likely N-dealkylation sites (tertiary alicyclic amines) is 1. The van der Waals surface area contributed by atoms with Gasteiger partial charge in [-0.25, -0.2) is 0 Å². The number of aromatic nitrogens is 2. The van der Waals surface area contributed by atoms with Gasteiger partial charge in [0.2, 0.25) is 5.78 Å². The van der Waals surface area contributed by atoms with Crippen molar-refractivity contribution in [1.82, 2.24) is 14.7 Å². The summed E-state index contributed by atoms with van der Waals surface area (Å²) in [7, 11) is 0. The minimum atomic E-state index is -0.383. The van der Waals surface area contributed by atoms with Crippen molar-refractivity contribution in [1.29, 1.82) is 0 Å². The number of carbonyl (C=O) groups is 1. The Kier molecular flexibility index (Phi) is 5.25. The van der Waals surface area contributed by atoms with Gasteiger partial charge in [0, 0.05) is 6.04 Å². The van der Waals surface area contributed by atoms with Crippen LogP contribution < -0.4 is 0 Å². The molecule has 2 rings (SSSR count). The highest BCUT2D eigenvalue weighted by Gasteiger charge is 2.44. The van der Waals surface area contributed by atoms with Crippen LogP contribution in [0.5, 0.6) is 0 Å². The van der Waals surface area contributed by atoms with Crippen molar-refractivity contribution in [2.24, 2.45) is 0 Å². The Labute approximate surface area is 136 Å². The third-order valence-electron chi connectivity index (χ3n) is 4.76. The van der Waals surface area contributed by atoms with Crippen molar-refractivity contribution in [3.63, 3.8) is 0 Å². The third-order valence-corrected chi connectivity index (χ3v) is 5.34. The van der Waals surface area contributed by atoms with Crippen LogP contribution in [0.2, 0.25) is 0 Å². The zero-order chi connectivity index (χ0) is 15.6. The molecule has 0 unspecified atom stereocenters. The maximum absolute atomic E-state index is 13.4. The van der Waals surface area contributed by atoms with Gasteiger partial charge in [0.05, 0.1) is 16.2 Å². The number of ketones is 1. The SMILES string of the molecule is CCC(CC)(C(=O)c1c(Br)cnn1C(C)C)N1CCCC1. The number of Topliss-reactive ketones (excluding diaryl/α,β-unsaturated/α-hetero) is 1. The predicted molar refractivity (Wildman–Crippen MR) is 88.8 cm³/mol. The molecule has 5 heteroatoms. The van der Waals surface area contributed by atoms with Gasteiger partial charge in [-0.2, -0.15) is 5.10 Å². The Hall–Kier alpha value is -0.680. The van der Waals surface area contributed by atoms with Crippen molar-refractivity contribution in [3.8, 4) is 0 Å². The average molecular weight is 356 g/mol. The molecule has 1 aliphatic heterocycles. The molecule has 1 aliphatic rings. The lowest BCUT2D eigenvalue weighted by atomic mass is 9.84. The monoisotopic (exact) mass is 355 g/mol. The fourth-order valence-corrected chi connectivity index (χ4v) is 3.93. The Morgan fingerprint density at radius 2 is 1.90 bits per heavy atom. The summed E-state index contributed by atoms with van der Waals surface area (Å²) in [5, 5.41) is 4.38. The molecule has 1 aromatic heterocycles. The summed E-state index contributed by atoms with van der Waals surface area (Å²) in [4.78, 5) is 15.8. The number of hydrogen-bond donors (Lipinski definition) is 0. The largest absolute Gasteiger partial charge is 0.291 e. The maximum Gasteiger partial charge on any atom is 0.202 e. The van der Waals surface area contributed by atoms with Crippen LogP contribution in [-0.2, 0) is 0 Å². The van der Waals surface area contributed by atoms with Crippen LogP contribution in [0.3, 0.4) is 0 Å². The van der Waals surface area contributed by atoms with Gasteiger partial charge in [0.25, 0.3) is 0 Å². The molecule has 0 aromatic carbocycles. The normalized spacial score (nSPS) is 16.9. The lowest BCUT2D eigenvalue weighted by Gasteiger charge is -2.39. The molecule has 4 nitrogen and oxygen atoms in total. The van der Waals surface area contributed by atoms with Crippen molar-refractivity contribution in [3.05, 3.63) is 16.4 Å². The molecule has 0 radical (unpaired) electrons. The molecule has 0 atom stereocenters. The van der Waals surface area contributed by atoms with Crippen LogP contribution in [0.25, 0.3) is 0 Å². The molecule has 0 amide bonds. The summed E-state index contributed by atoms with van der Waals surface area (Å²) < 4.78 is 2.66. The molecule has 1 aromatic rings. The first kappa shape index (κ1) is 16.7. The van der Waals surface area contributed by atoms with Gasteiger partial charge in [-0.1, -0.05) is 13.8 Å². The summed E-state index contributed by atoms with van der Waals surface area (Å²) in [5.74, 6) is 0.215. The zero-order valence-corrected chi connectivity index (χ0v) is 15.1. The van der Waals surface area contributed by atoms with E-state index in [1.54, 1.807) is 6.20 Å². The second-order valence-electron chi connectivity index (χ2n) is 6.14. The smallest absolute Gasteiger partial charge is 0.202 e. The molecule has 1 fully saturated rings. The van der Waals surface area contributed by atoms with Gasteiger partial charge in [-0.05, 0) is 68.6 Å². The fraction of sp³-hybridized carbons (Fsp3) is 0.750. The van der Waals surface area contributed by atoms with E-state index in [2.05, 4.69) is 53.6 Å². The molecule has 0 bridgehead atoms. The molecule has 2 heterocycles. The number of halogens is 1. The standard InChI is InChI=1S/C16H26BrN3O/c1-5-16(6-2,19-9-7-8-10-19)15(21)14-13(17)11-18-20(14)12(3)4/h11-12H,5-10H2,1-4H3. The lowest BCUT2D eigenvalue weighted by Crippen LogP contribution is -2.53. The summed E-state index contributed by atoms with van der Waals surface area (Å²) in [6.07, 6.45) is 5.82. The highest BCUT2D eigenvalue weighted by atomic mass is 79.9. The zero-order valence-electron chi connectivity index (χ0n) is 13.5. The van der Waals surface area contributed by atoms with Gasteiger partial charge in [-0.15, -0.1) is 0 Å². The fourth-order valence-electron chi connectivity index (χ4n) is 3.47. The molecular weight excluding hydrogens is 330 g/mol. The van der Waals surface area contributed by atoms with E-state index in [9.17, 15) is 4.79 Å². The van der Waals surface area contributed by atoms with E-state index in [1.165, 1.54) is 12.8 Å². The molecule has 0 saturated carbocycles. The second-order valence-corrected chi connectivity index (χ2v) is 7.00. The second kappa shape index (κ2) is 6.61. The Bertz CT molecular complexity index is 500. The highest BCUT2D eigenvalue weighted by molar-refractivity contribution is 9.10. The topological polar surface area (TPSA) is 38.1 Å². The first-order valence-electron chi connectivity index (χ1n) is 8.00. The predicted octanol–water partition coefficient (Wildman–Crippen LogP) is 4.06. The molecule has 21 heavy (non-hydrogen) atoms. The average Bonchev–Trinajstić information content (AvgIpc) is 3.10. The third kappa shape index (κ3) is 2.82. The van der Waals surface area contributed by atoms with E-state index in [0.717, 1.165) is 36.1 Å². The van der Waals surface area contributed by atoms with E-state index in [-0.39, 0.29) is 17.4 Å².